The zero-order valence-electron chi connectivity index (χ0n) is 22.9. The second-order valence-electron chi connectivity index (χ2n) is 10.9. The highest BCUT2D eigenvalue weighted by molar-refractivity contribution is 6.82. The number of rotatable bonds is 18. The largest absolute Gasteiger partial charge is 0.494 e. The fraction of sp³-hybridized carbons (Fsp3) is 0.621. The van der Waals surface area contributed by atoms with Crippen molar-refractivity contribution in [2.45, 2.75) is 103 Å². The minimum atomic E-state index is -0.914. The third-order valence-electron chi connectivity index (χ3n) is 6.05. The Balaban J connectivity index is 1.61. The molecule has 194 valence electrons. The SMILES string of the molecule is CCCCCCCOc1ccc(-c2ncc(OCCCCCC/[Si](C)=C\C[Si](C)(C)C)cn2)cc1. The number of benzene rings is 1. The fourth-order valence-corrected chi connectivity index (χ4v) is 8.62. The zero-order valence-corrected chi connectivity index (χ0v) is 24.9. The van der Waals surface area contributed by atoms with E-state index in [-0.39, 0.29) is 8.41 Å². The zero-order chi connectivity index (χ0) is 25.4. The van der Waals surface area contributed by atoms with Gasteiger partial charge in [0, 0.05) is 22.0 Å². The lowest BCUT2D eigenvalue weighted by atomic mass is 10.2. The van der Waals surface area contributed by atoms with E-state index in [1.807, 2.05) is 24.3 Å². The molecule has 0 amide bonds. The van der Waals surface area contributed by atoms with E-state index in [1.54, 1.807) is 12.4 Å². The van der Waals surface area contributed by atoms with E-state index in [2.05, 4.69) is 48.8 Å². The summed E-state index contributed by atoms with van der Waals surface area (Å²) in [6.07, 6.45) is 14.8. The molecule has 0 unspecified atom stereocenters. The Hall–Kier alpha value is -1.80. The average Bonchev–Trinajstić information content (AvgIpc) is 2.85. The fourth-order valence-electron chi connectivity index (χ4n) is 3.77. The number of hydrogen-bond donors (Lipinski definition) is 0. The van der Waals surface area contributed by atoms with Gasteiger partial charge in [0.25, 0.3) is 0 Å². The minimum Gasteiger partial charge on any atom is -0.494 e. The van der Waals surface area contributed by atoms with Crippen LogP contribution in [0.3, 0.4) is 0 Å². The van der Waals surface area contributed by atoms with Gasteiger partial charge in [-0.05, 0) is 49.2 Å². The van der Waals surface area contributed by atoms with E-state index >= 15 is 0 Å². The highest BCUT2D eigenvalue weighted by atomic mass is 28.3. The van der Waals surface area contributed by atoms with Gasteiger partial charge in [-0.1, -0.05) is 78.1 Å². The van der Waals surface area contributed by atoms with E-state index in [4.69, 9.17) is 9.47 Å². The van der Waals surface area contributed by atoms with Crippen LogP contribution in [0.1, 0.15) is 64.7 Å². The summed E-state index contributed by atoms with van der Waals surface area (Å²) in [5.41, 5.74) is 3.65. The van der Waals surface area contributed by atoms with E-state index in [1.165, 1.54) is 57.0 Å². The monoisotopic (exact) mass is 512 g/mol. The lowest BCUT2D eigenvalue weighted by molar-refractivity contribution is 0.302. The molecule has 0 spiro atoms. The molecule has 0 aliphatic heterocycles. The van der Waals surface area contributed by atoms with Gasteiger partial charge in [-0.25, -0.2) is 9.97 Å². The molecule has 0 aliphatic carbocycles. The van der Waals surface area contributed by atoms with Gasteiger partial charge in [-0.2, -0.15) is 0 Å². The lowest BCUT2D eigenvalue weighted by Crippen LogP contribution is -2.21. The lowest BCUT2D eigenvalue weighted by Gasteiger charge is -2.13. The highest BCUT2D eigenvalue weighted by Gasteiger charge is 2.10. The molecule has 0 N–H and O–H groups in total. The maximum Gasteiger partial charge on any atom is 0.159 e. The summed E-state index contributed by atoms with van der Waals surface area (Å²) in [7, 11) is -1.15. The van der Waals surface area contributed by atoms with Gasteiger partial charge < -0.3 is 9.47 Å². The van der Waals surface area contributed by atoms with Crippen molar-refractivity contribution in [1.82, 2.24) is 9.97 Å². The molecular weight excluding hydrogens is 465 g/mol. The van der Waals surface area contributed by atoms with Gasteiger partial charge in [0.05, 0.1) is 25.6 Å². The van der Waals surface area contributed by atoms with E-state index in [0.717, 1.165) is 43.1 Å². The van der Waals surface area contributed by atoms with Crippen molar-refractivity contribution in [3.05, 3.63) is 36.7 Å². The Morgan fingerprint density at radius 2 is 1.34 bits per heavy atom. The Bertz CT molecular complexity index is 846. The number of aromatic nitrogens is 2. The van der Waals surface area contributed by atoms with Crippen LogP contribution in [0.15, 0.2) is 36.7 Å². The first-order valence-electron chi connectivity index (χ1n) is 13.7. The second kappa shape index (κ2) is 16.8. The molecule has 0 fully saturated rings. The maximum absolute atomic E-state index is 5.86. The van der Waals surface area contributed by atoms with Crippen molar-refractivity contribution in [3.63, 3.8) is 0 Å². The topological polar surface area (TPSA) is 44.2 Å². The Labute approximate surface area is 217 Å². The summed E-state index contributed by atoms with van der Waals surface area (Å²) in [5, 5.41) is 0. The summed E-state index contributed by atoms with van der Waals surface area (Å²) in [5.74, 6) is 2.37. The highest BCUT2D eigenvalue weighted by Crippen LogP contribution is 2.21. The standard InChI is InChI=1S/C29H48N2O2Si2/c1-6-7-8-9-12-19-32-27-17-15-26(16-18-27)29-30-24-28(25-31-29)33-20-13-10-11-14-21-34(2)22-23-35(3,4)5/h15-18,22,24-25H,6-14,19-21,23H2,1-5H3/b34-22-. The number of unbranched alkanes of at least 4 members (excludes halogenated alkanes) is 7. The van der Waals surface area contributed by atoms with Crippen LogP contribution in [0.4, 0.5) is 0 Å². The van der Waals surface area contributed by atoms with Crippen LogP contribution in [0.5, 0.6) is 11.5 Å². The van der Waals surface area contributed by atoms with Crippen molar-refractivity contribution in [3.8, 4) is 22.9 Å². The van der Waals surface area contributed by atoms with Crippen molar-refractivity contribution < 1.29 is 9.47 Å². The normalized spacial score (nSPS) is 12.1. The molecule has 6 heteroatoms. The van der Waals surface area contributed by atoms with Gasteiger partial charge in [0.1, 0.15) is 5.75 Å². The quantitative estimate of drug-likeness (QED) is 0.149. The molecule has 0 bridgehead atoms. The Morgan fingerprint density at radius 1 is 0.771 bits per heavy atom. The minimum absolute atomic E-state index is 0.240. The first-order chi connectivity index (χ1) is 16.9. The molecular formula is C29H48N2O2Si2. The predicted octanol–water partition coefficient (Wildman–Crippen LogP) is 8.28. The molecule has 0 radical (unpaired) electrons. The molecule has 1 aromatic heterocycles. The Morgan fingerprint density at radius 3 is 1.94 bits per heavy atom. The number of hydrogen-bond acceptors (Lipinski definition) is 4. The van der Waals surface area contributed by atoms with Crippen molar-refractivity contribution >= 4 is 22.2 Å². The molecule has 1 aromatic carbocycles. The van der Waals surface area contributed by atoms with Gasteiger partial charge in [-0.15, -0.1) is 5.67 Å². The van der Waals surface area contributed by atoms with Crippen LogP contribution in [0, 0.1) is 0 Å². The van der Waals surface area contributed by atoms with E-state index in [9.17, 15) is 0 Å². The second-order valence-corrected chi connectivity index (χ2v) is 19.0. The molecule has 1 heterocycles. The summed E-state index contributed by atoms with van der Waals surface area (Å²) >= 11 is 0. The molecule has 4 nitrogen and oxygen atoms in total. The van der Waals surface area contributed by atoms with Gasteiger partial charge in [0.2, 0.25) is 0 Å². The molecule has 0 saturated carbocycles. The predicted molar refractivity (Wildman–Crippen MR) is 156 cm³/mol. The summed E-state index contributed by atoms with van der Waals surface area (Å²) in [4.78, 5) is 8.98. The van der Waals surface area contributed by atoms with E-state index in [0.29, 0.717) is 5.82 Å². The molecule has 35 heavy (non-hydrogen) atoms. The third-order valence-corrected chi connectivity index (χ3v) is 9.93. The Kier molecular flexibility index (Phi) is 14.1. The molecule has 2 aromatic rings. The van der Waals surface area contributed by atoms with Crippen LogP contribution >= 0.6 is 0 Å². The van der Waals surface area contributed by atoms with Gasteiger partial charge in [0.15, 0.2) is 11.6 Å². The number of ether oxygens (including phenoxy) is 2. The molecule has 2 rings (SSSR count). The third kappa shape index (κ3) is 13.8. The first kappa shape index (κ1) is 29.4. The van der Waals surface area contributed by atoms with Gasteiger partial charge >= 0.3 is 0 Å². The van der Waals surface area contributed by atoms with Crippen LogP contribution in [0.25, 0.3) is 11.4 Å². The van der Waals surface area contributed by atoms with Crippen LogP contribution in [0.2, 0.25) is 38.3 Å². The van der Waals surface area contributed by atoms with Crippen molar-refractivity contribution in [2.24, 2.45) is 0 Å². The summed E-state index contributed by atoms with van der Waals surface area (Å²) in [6.45, 7) is 13.6. The van der Waals surface area contributed by atoms with Gasteiger partial charge in [-0.3, -0.25) is 0 Å². The van der Waals surface area contributed by atoms with E-state index < -0.39 is 8.07 Å². The molecule has 0 atom stereocenters. The summed E-state index contributed by atoms with van der Waals surface area (Å²) in [6, 6.07) is 10.8. The van der Waals surface area contributed by atoms with Crippen LogP contribution in [-0.2, 0) is 0 Å². The van der Waals surface area contributed by atoms with Crippen molar-refractivity contribution in [2.75, 3.05) is 13.2 Å². The first-order valence-corrected chi connectivity index (χ1v) is 19.7. The van der Waals surface area contributed by atoms with Crippen LogP contribution < -0.4 is 9.47 Å². The van der Waals surface area contributed by atoms with Crippen LogP contribution in [-0.4, -0.2) is 45.3 Å². The molecule has 0 saturated heterocycles. The maximum atomic E-state index is 5.86. The van der Waals surface area contributed by atoms with Crippen molar-refractivity contribution in [1.29, 1.82) is 0 Å². The average molecular weight is 513 g/mol. The molecule has 0 aliphatic rings. The smallest absolute Gasteiger partial charge is 0.159 e. The summed E-state index contributed by atoms with van der Waals surface area (Å²) < 4.78 is 11.7. The number of nitrogens with zero attached hydrogens (tertiary/aromatic N) is 2.